The zero-order valence-electron chi connectivity index (χ0n) is 17.4. The van der Waals surface area contributed by atoms with Gasteiger partial charge in [-0.05, 0) is 30.9 Å². The van der Waals surface area contributed by atoms with Gasteiger partial charge in [0.25, 0.3) is 0 Å². The second-order valence-electron chi connectivity index (χ2n) is 7.11. The van der Waals surface area contributed by atoms with E-state index in [2.05, 4.69) is 41.4 Å². The summed E-state index contributed by atoms with van der Waals surface area (Å²) in [5, 5.41) is 11.6. The van der Waals surface area contributed by atoms with Crippen molar-refractivity contribution in [2.45, 2.75) is 19.0 Å². The van der Waals surface area contributed by atoms with Gasteiger partial charge in [-0.25, -0.2) is 0 Å². The van der Waals surface area contributed by atoms with Crippen LogP contribution in [0.5, 0.6) is 0 Å². The van der Waals surface area contributed by atoms with Crippen LogP contribution in [0.2, 0.25) is 0 Å². The van der Waals surface area contributed by atoms with E-state index in [1.54, 1.807) is 0 Å². The molecule has 0 aliphatic carbocycles. The van der Waals surface area contributed by atoms with E-state index in [1.165, 1.54) is 11.8 Å². The van der Waals surface area contributed by atoms with E-state index in [1.807, 2.05) is 65.9 Å². The summed E-state index contributed by atoms with van der Waals surface area (Å²) in [6.45, 7) is 4.67. The summed E-state index contributed by atoms with van der Waals surface area (Å²) in [5.74, 6) is 1.17. The standard InChI is InChI=1S/C24H24N4OS/c1-4-28(21-15-9-12-18-11-6-8-14-20(18)21)22(29)16-30-24-26-25-23(27(24)3)19-13-7-5-10-17(19)2/h5-15H,4,16H2,1-3H3. The normalized spacial score (nSPS) is 11.0. The largest absolute Gasteiger partial charge is 0.311 e. The Morgan fingerprint density at radius 1 is 1.00 bits per heavy atom. The van der Waals surface area contributed by atoms with Crippen LogP contribution in [0.15, 0.2) is 71.9 Å². The van der Waals surface area contributed by atoms with E-state index in [0.29, 0.717) is 12.3 Å². The third-order valence-corrected chi connectivity index (χ3v) is 6.23. The van der Waals surface area contributed by atoms with Gasteiger partial charge in [0.05, 0.1) is 11.4 Å². The van der Waals surface area contributed by atoms with Gasteiger partial charge in [0.2, 0.25) is 5.91 Å². The van der Waals surface area contributed by atoms with Gasteiger partial charge in [-0.15, -0.1) is 10.2 Å². The van der Waals surface area contributed by atoms with E-state index in [0.717, 1.165) is 38.6 Å². The van der Waals surface area contributed by atoms with Crippen LogP contribution >= 0.6 is 11.8 Å². The molecule has 3 aromatic carbocycles. The lowest BCUT2D eigenvalue weighted by Crippen LogP contribution is -2.32. The average molecular weight is 417 g/mol. The molecule has 0 unspecified atom stereocenters. The van der Waals surface area contributed by atoms with Crippen molar-refractivity contribution in [3.05, 3.63) is 72.3 Å². The minimum Gasteiger partial charge on any atom is -0.311 e. The maximum Gasteiger partial charge on any atom is 0.237 e. The van der Waals surface area contributed by atoms with Gasteiger partial charge in [0.1, 0.15) is 0 Å². The Kier molecular flexibility index (Phi) is 5.86. The van der Waals surface area contributed by atoms with Crippen LogP contribution in [-0.4, -0.2) is 33.0 Å². The number of carbonyl (C=O) groups is 1. The van der Waals surface area contributed by atoms with Crippen LogP contribution in [0.1, 0.15) is 12.5 Å². The van der Waals surface area contributed by atoms with Crippen LogP contribution in [-0.2, 0) is 11.8 Å². The first kappa shape index (κ1) is 20.2. The Labute approximate surface area is 180 Å². The molecule has 1 aromatic heterocycles. The number of benzene rings is 3. The summed E-state index contributed by atoms with van der Waals surface area (Å²) in [7, 11) is 1.94. The summed E-state index contributed by atoms with van der Waals surface area (Å²) >= 11 is 1.42. The molecule has 0 aliphatic rings. The zero-order valence-corrected chi connectivity index (χ0v) is 18.2. The first-order chi connectivity index (χ1) is 14.6. The number of amides is 1. The second-order valence-corrected chi connectivity index (χ2v) is 8.05. The molecule has 0 spiro atoms. The molecular weight excluding hydrogens is 392 g/mol. The fraction of sp³-hybridized carbons (Fsp3) is 0.208. The van der Waals surface area contributed by atoms with Gasteiger partial charge >= 0.3 is 0 Å². The first-order valence-corrected chi connectivity index (χ1v) is 10.9. The van der Waals surface area contributed by atoms with E-state index < -0.39 is 0 Å². The molecule has 6 heteroatoms. The van der Waals surface area contributed by atoms with Gasteiger partial charge in [0, 0.05) is 24.5 Å². The number of nitrogens with zero attached hydrogens (tertiary/aromatic N) is 4. The maximum atomic E-state index is 13.1. The highest BCUT2D eigenvalue weighted by Crippen LogP contribution is 2.29. The maximum absolute atomic E-state index is 13.1. The Morgan fingerprint density at radius 3 is 2.53 bits per heavy atom. The van der Waals surface area contributed by atoms with Crippen molar-refractivity contribution < 1.29 is 4.79 Å². The average Bonchev–Trinajstić information content (AvgIpc) is 3.13. The fourth-order valence-electron chi connectivity index (χ4n) is 3.63. The quantitative estimate of drug-likeness (QED) is 0.411. The van der Waals surface area contributed by atoms with Crippen LogP contribution in [0.4, 0.5) is 5.69 Å². The molecule has 0 N–H and O–H groups in total. The van der Waals surface area contributed by atoms with Crippen LogP contribution in [0, 0.1) is 6.92 Å². The Hall–Kier alpha value is -3.12. The lowest BCUT2D eigenvalue weighted by atomic mass is 10.1. The number of aromatic nitrogens is 3. The summed E-state index contributed by atoms with van der Waals surface area (Å²) in [6, 6.07) is 22.3. The highest BCUT2D eigenvalue weighted by atomic mass is 32.2. The van der Waals surface area contributed by atoms with Crippen molar-refractivity contribution in [1.29, 1.82) is 0 Å². The third kappa shape index (κ3) is 3.83. The monoisotopic (exact) mass is 416 g/mol. The van der Waals surface area contributed by atoms with Crippen molar-refractivity contribution >= 4 is 34.1 Å². The Morgan fingerprint density at radius 2 is 1.73 bits per heavy atom. The predicted molar refractivity (Wildman–Crippen MR) is 124 cm³/mol. The number of hydrogen-bond donors (Lipinski definition) is 0. The smallest absolute Gasteiger partial charge is 0.237 e. The van der Waals surface area contributed by atoms with E-state index in [-0.39, 0.29) is 5.91 Å². The van der Waals surface area contributed by atoms with Crippen molar-refractivity contribution in [3.8, 4) is 11.4 Å². The van der Waals surface area contributed by atoms with Gasteiger partial charge in [-0.2, -0.15) is 0 Å². The Balaban J connectivity index is 1.54. The van der Waals surface area contributed by atoms with E-state index in [9.17, 15) is 4.79 Å². The van der Waals surface area contributed by atoms with E-state index in [4.69, 9.17) is 0 Å². The molecule has 152 valence electrons. The first-order valence-electron chi connectivity index (χ1n) is 9.96. The number of anilines is 1. The molecule has 0 atom stereocenters. The number of fused-ring (bicyclic) bond motifs is 1. The number of thioether (sulfide) groups is 1. The minimum absolute atomic E-state index is 0.0549. The van der Waals surface area contributed by atoms with Crippen LogP contribution in [0.25, 0.3) is 22.2 Å². The van der Waals surface area contributed by atoms with Gasteiger partial charge < -0.3 is 9.47 Å². The zero-order chi connectivity index (χ0) is 21.1. The number of rotatable bonds is 6. The lowest BCUT2D eigenvalue weighted by molar-refractivity contribution is -0.116. The topological polar surface area (TPSA) is 51.0 Å². The van der Waals surface area contributed by atoms with Gasteiger partial charge in [0.15, 0.2) is 11.0 Å². The molecular formula is C24H24N4OS. The molecule has 0 bridgehead atoms. The Bertz CT molecular complexity index is 1200. The second kappa shape index (κ2) is 8.71. The molecule has 30 heavy (non-hydrogen) atoms. The number of hydrogen-bond acceptors (Lipinski definition) is 4. The molecule has 4 aromatic rings. The molecule has 0 saturated heterocycles. The summed E-state index contributed by atoms with van der Waals surface area (Å²) in [5.41, 5.74) is 3.14. The van der Waals surface area contributed by atoms with Crippen LogP contribution < -0.4 is 4.90 Å². The van der Waals surface area contributed by atoms with Crippen molar-refractivity contribution in [3.63, 3.8) is 0 Å². The highest BCUT2D eigenvalue weighted by Gasteiger charge is 2.19. The molecule has 4 rings (SSSR count). The van der Waals surface area contributed by atoms with E-state index >= 15 is 0 Å². The van der Waals surface area contributed by atoms with Crippen molar-refractivity contribution in [1.82, 2.24) is 14.8 Å². The molecule has 1 heterocycles. The molecule has 5 nitrogen and oxygen atoms in total. The lowest BCUT2D eigenvalue weighted by Gasteiger charge is -2.22. The third-order valence-electron chi connectivity index (χ3n) is 5.22. The predicted octanol–water partition coefficient (Wildman–Crippen LogP) is 5.09. The molecule has 0 fully saturated rings. The highest BCUT2D eigenvalue weighted by molar-refractivity contribution is 7.99. The van der Waals surface area contributed by atoms with Crippen LogP contribution in [0.3, 0.4) is 0 Å². The molecule has 0 saturated carbocycles. The molecule has 0 radical (unpaired) electrons. The van der Waals surface area contributed by atoms with Gasteiger partial charge in [-0.3, -0.25) is 4.79 Å². The molecule has 1 amide bonds. The summed E-state index contributed by atoms with van der Waals surface area (Å²) < 4.78 is 1.95. The summed E-state index contributed by atoms with van der Waals surface area (Å²) in [6.07, 6.45) is 0. The van der Waals surface area contributed by atoms with Crippen molar-refractivity contribution in [2.75, 3.05) is 17.2 Å². The number of carbonyl (C=O) groups excluding carboxylic acids is 1. The number of aryl methyl sites for hydroxylation is 1. The van der Waals surface area contributed by atoms with Crippen molar-refractivity contribution in [2.24, 2.45) is 7.05 Å². The fourth-order valence-corrected chi connectivity index (χ4v) is 4.41. The SMILES string of the molecule is CCN(C(=O)CSc1nnc(-c2ccccc2C)n1C)c1cccc2ccccc12. The minimum atomic E-state index is 0.0549. The summed E-state index contributed by atoms with van der Waals surface area (Å²) in [4.78, 5) is 14.9. The van der Waals surface area contributed by atoms with Gasteiger partial charge in [-0.1, -0.05) is 72.4 Å². The molecule has 0 aliphatic heterocycles.